The van der Waals surface area contributed by atoms with Crippen LogP contribution >= 0.6 is 11.7 Å². The maximum atomic E-state index is 12.4. The van der Waals surface area contributed by atoms with Gasteiger partial charge in [-0.1, -0.05) is 0 Å². The number of hydrogen-bond acceptors (Lipinski definition) is 8. The second-order valence-electron chi connectivity index (χ2n) is 4.91. The van der Waals surface area contributed by atoms with Crippen LogP contribution in [0.3, 0.4) is 0 Å². The van der Waals surface area contributed by atoms with Gasteiger partial charge in [0.15, 0.2) is 5.82 Å². The second kappa shape index (κ2) is 6.13. The Labute approximate surface area is 136 Å². The summed E-state index contributed by atoms with van der Waals surface area (Å²) in [7, 11) is 5.14. The molecule has 0 fully saturated rings. The molecule has 3 rings (SSSR count). The Bertz CT molecular complexity index is 863. The zero-order chi connectivity index (χ0) is 16.4. The number of carbonyl (C=O) groups excluding carboxylic acids is 1. The summed E-state index contributed by atoms with van der Waals surface area (Å²) in [4.78, 5) is 22.5. The first-order valence-corrected chi connectivity index (χ1v) is 7.43. The molecule has 0 spiro atoms. The minimum atomic E-state index is -0.267. The number of anilines is 2. The van der Waals surface area contributed by atoms with E-state index in [-0.39, 0.29) is 11.9 Å². The van der Waals surface area contributed by atoms with Gasteiger partial charge in [-0.15, -0.1) is 0 Å². The maximum Gasteiger partial charge on any atom is 0.318 e. The van der Waals surface area contributed by atoms with Gasteiger partial charge in [0.25, 0.3) is 5.91 Å². The summed E-state index contributed by atoms with van der Waals surface area (Å²) in [6.45, 7) is 0. The SMILES string of the molecule is COc1ncc(NC(=O)c2ccc3nsnc3c2)c(N(C)C)n1. The van der Waals surface area contributed by atoms with E-state index >= 15 is 0 Å². The fourth-order valence-corrected chi connectivity index (χ4v) is 2.52. The van der Waals surface area contributed by atoms with Crippen molar-refractivity contribution in [1.82, 2.24) is 18.7 Å². The Morgan fingerprint density at radius 3 is 2.78 bits per heavy atom. The normalized spacial score (nSPS) is 10.6. The number of carbonyl (C=O) groups is 1. The van der Waals surface area contributed by atoms with Gasteiger partial charge >= 0.3 is 6.01 Å². The van der Waals surface area contributed by atoms with Crippen molar-refractivity contribution < 1.29 is 9.53 Å². The highest BCUT2D eigenvalue weighted by Crippen LogP contribution is 2.24. The van der Waals surface area contributed by atoms with Crippen LogP contribution in [0.2, 0.25) is 0 Å². The molecule has 1 aromatic carbocycles. The number of hydrogen-bond donors (Lipinski definition) is 1. The molecule has 0 atom stereocenters. The van der Waals surface area contributed by atoms with Gasteiger partial charge in [-0.2, -0.15) is 13.7 Å². The number of benzene rings is 1. The molecule has 0 radical (unpaired) electrons. The van der Waals surface area contributed by atoms with Crippen LogP contribution in [0.25, 0.3) is 11.0 Å². The Balaban J connectivity index is 1.89. The summed E-state index contributed by atoms with van der Waals surface area (Å²) in [6, 6.07) is 5.42. The highest BCUT2D eigenvalue weighted by Gasteiger charge is 2.14. The summed E-state index contributed by atoms with van der Waals surface area (Å²) in [5.41, 5.74) is 2.46. The fourth-order valence-electron chi connectivity index (χ4n) is 2.00. The average molecular weight is 330 g/mol. The lowest BCUT2D eigenvalue weighted by Gasteiger charge is -2.16. The molecule has 1 amide bonds. The first-order valence-electron chi connectivity index (χ1n) is 6.70. The van der Waals surface area contributed by atoms with E-state index in [9.17, 15) is 4.79 Å². The summed E-state index contributed by atoms with van der Waals surface area (Å²) in [6.07, 6.45) is 1.52. The lowest BCUT2D eigenvalue weighted by atomic mass is 10.2. The third-order valence-corrected chi connectivity index (χ3v) is 3.67. The summed E-state index contributed by atoms with van der Waals surface area (Å²) in [5.74, 6) is 0.290. The molecular weight excluding hydrogens is 316 g/mol. The Kier molecular flexibility index (Phi) is 4.02. The highest BCUT2D eigenvalue weighted by molar-refractivity contribution is 7.00. The molecule has 0 aliphatic heterocycles. The van der Waals surface area contributed by atoms with E-state index in [0.717, 1.165) is 17.2 Å². The van der Waals surface area contributed by atoms with Crippen molar-refractivity contribution in [2.24, 2.45) is 0 Å². The molecule has 118 valence electrons. The van der Waals surface area contributed by atoms with Crippen molar-refractivity contribution in [2.45, 2.75) is 0 Å². The first kappa shape index (κ1) is 15.1. The third kappa shape index (κ3) is 3.04. The number of nitrogens with one attached hydrogen (secondary N) is 1. The van der Waals surface area contributed by atoms with E-state index in [4.69, 9.17) is 4.74 Å². The van der Waals surface area contributed by atoms with E-state index in [2.05, 4.69) is 24.0 Å². The van der Waals surface area contributed by atoms with Gasteiger partial charge in [-0.05, 0) is 18.2 Å². The van der Waals surface area contributed by atoms with Crippen LogP contribution < -0.4 is 15.0 Å². The van der Waals surface area contributed by atoms with Gasteiger partial charge in [-0.3, -0.25) is 4.79 Å². The molecule has 0 aliphatic carbocycles. The summed E-state index contributed by atoms with van der Waals surface area (Å²) >= 11 is 1.12. The molecular formula is C14H14N6O2S. The summed E-state index contributed by atoms with van der Waals surface area (Å²) in [5, 5.41) is 2.81. The van der Waals surface area contributed by atoms with Gasteiger partial charge in [-0.25, -0.2) is 4.98 Å². The van der Waals surface area contributed by atoms with Gasteiger partial charge < -0.3 is 15.0 Å². The third-order valence-electron chi connectivity index (χ3n) is 3.12. The number of methoxy groups -OCH3 is 1. The molecule has 0 bridgehead atoms. The van der Waals surface area contributed by atoms with Crippen LogP contribution in [0.1, 0.15) is 10.4 Å². The monoisotopic (exact) mass is 330 g/mol. The van der Waals surface area contributed by atoms with Crippen molar-refractivity contribution >= 4 is 40.2 Å². The standard InChI is InChI=1S/C14H14N6O2S/c1-20(2)12-11(7-15-14(17-12)22-3)16-13(21)8-4-5-9-10(6-8)19-23-18-9/h4-7H,1-3H3,(H,16,21). The van der Waals surface area contributed by atoms with Crippen molar-refractivity contribution in [3.05, 3.63) is 30.0 Å². The van der Waals surface area contributed by atoms with Crippen molar-refractivity contribution in [2.75, 3.05) is 31.4 Å². The van der Waals surface area contributed by atoms with Crippen molar-refractivity contribution in [1.29, 1.82) is 0 Å². The smallest absolute Gasteiger partial charge is 0.318 e. The minimum Gasteiger partial charge on any atom is -0.467 e. The molecule has 0 aliphatic rings. The van der Waals surface area contributed by atoms with Crippen molar-refractivity contribution in [3.63, 3.8) is 0 Å². The number of rotatable bonds is 4. The predicted molar refractivity (Wildman–Crippen MR) is 88.3 cm³/mol. The van der Waals surface area contributed by atoms with E-state index < -0.39 is 0 Å². The molecule has 3 aromatic rings. The van der Waals surface area contributed by atoms with Gasteiger partial charge in [0.1, 0.15) is 16.7 Å². The van der Waals surface area contributed by atoms with E-state index in [1.165, 1.54) is 13.3 Å². The Morgan fingerprint density at radius 2 is 2.04 bits per heavy atom. The molecule has 0 saturated heterocycles. The highest BCUT2D eigenvalue weighted by atomic mass is 32.1. The van der Waals surface area contributed by atoms with E-state index in [1.54, 1.807) is 23.1 Å². The topological polar surface area (TPSA) is 93.1 Å². The van der Waals surface area contributed by atoms with Crippen LogP contribution in [-0.2, 0) is 0 Å². The molecule has 2 heterocycles. The largest absolute Gasteiger partial charge is 0.467 e. The molecule has 1 N–H and O–H groups in total. The van der Waals surface area contributed by atoms with Crippen LogP contribution in [-0.4, -0.2) is 45.8 Å². The Hall–Kier alpha value is -2.81. The number of fused-ring (bicyclic) bond motifs is 1. The Morgan fingerprint density at radius 1 is 1.26 bits per heavy atom. The number of amides is 1. The zero-order valence-corrected chi connectivity index (χ0v) is 13.6. The molecule has 2 aromatic heterocycles. The van der Waals surface area contributed by atoms with Gasteiger partial charge in [0.05, 0.1) is 25.0 Å². The van der Waals surface area contributed by atoms with Crippen molar-refractivity contribution in [3.8, 4) is 6.01 Å². The van der Waals surface area contributed by atoms with Crippen LogP contribution in [0.4, 0.5) is 11.5 Å². The average Bonchev–Trinajstić information content (AvgIpc) is 3.02. The predicted octanol–water partition coefficient (Wildman–Crippen LogP) is 1.81. The van der Waals surface area contributed by atoms with E-state index in [1.807, 2.05) is 14.1 Å². The number of aromatic nitrogens is 4. The van der Waals surface area contributed by atoms with Gasteiger partial charge in [0.2, 0.25) is 0 Å². The molecule has 0 unspecified atom stereocenters. The second-order valence-corrected chi connectivity index (χ2v) is 5.44. The quantitative estimate of drug-likeness (QED) is 0.779. The first-order chi connectivity index (χ1) is 11.1. The lowest BCUT2D eigenvalue weighted by molar-refractivity contribution is 0.102. The van der Waals surface area contributed by atoms with Crippen LogP contribution in [0, 0.1) is 0 Å². The molecule has 23 heavy (non-hydrogen) atoms. The lowest BCUT2D eigenvalue weighted by Crippen LogP contribution is -2.18. The zero-order valence-electron chi connectivity index (χ0n) is 12.8. The van der Waals surface area contributed by atoms with Crippen LogP contribution in [0.5, 0.6) is 6.01 Å². The summed E-state index contributed by atoms with van der Waals surface area (Å²) < 4.78 is 13.3. The number of nitrogens with zero attached hydrogens (tertiary/aromatic N) is 5. The molecule has 8 nitrogen and oxygen atoms in total. The number of ether oxygens (including phenoxy) is 1. The molecule has 0 saturated carbocycles. The van der Waals surface area contributed by atoms with E-state index in [0.29, 0.717) is 22.6 Å². The minimum absolute atomic E-state index is 0.238. The fraction of sp³-hybridized carbons (Fsp3) is 0.214. The van der Waals surface area contributed by atoms with Gasteiger partial charge in [0, 0.05) is 19.7 Å². The maximum absolute atomic E-state index is 12.4. The molecule has 9 heteroatoms. The van der Waals surface area contributed by atoms with Crippen LogP contribution in [0.15, 0.2) is 24.4 Å².